The Morgan fingerprint density at radius 1 is 1.33 bits per heavy atom. The topological polar surface area (TPSA) is 83.7 Å². The monoisotopic (exact) mass is 294 g/mol. The van der Waals surface area contributed by atoms with E-state index in [4.69, 9.17) is 5.11 Å². The maximum Gasteiger partial charge on any atom is 0.342 e. The van der Waals surface area contributed by atoms with E-state index < -0.39 is 10.9 Å². The molecule has 0 heterocycles. The van der Waals surface area contributed by atoms with E-state index >= 15 is 0 Å². The van der Waals surface area contributed by atoms with Crippen LogP contribution in [0.4, 0.5) is 11.4 Å². The van der Waals surface area contributed by atoms with Crippen molar-refractivity contribution in [2.24, 2.45) is 5.92 Å². The third-order valence-corrected chi connectivity index (χ3v) is 3.79. The largest absolute Gasteiger partial charge is 0.477 e. The number of carbonyl (C=O) groups is 1. The van der Waals surface area contributed by atoms with Gasteiger partial charge < -0.3 is 10.0 Å². The van der Waals surface area contributed by atoms with Gasteiger partial charge in [0.15, 0.2) is 0 Å². The molecule has 0 saturated heterocycles. The fourth-order valence-corrected chi connectivity index (χ4v) is 2.33. The van der Waals surface area contributed by atoms with Gasteiger partial charge in [-0.15, -0.1) is 0 Å². The molecule has 0 aliphatic carbocycles. The van der Waals surface area contributed by atoms with Gasteiger partial charge in [-0.05, 0) is 25.0 Å². The summed E-state index contributed by atoms with van der Waals surface area (Å²) in [6.45, 7) is 7.79. The SMILES string of the molecule is CCC(CC)CN(CC)c1ccc([N+](=O)[O-])c(C(=O)O)c1. The number of nitro groups is 1. The molecule has 6 nitrogen and oxygen atoms in total. The minimum atomic E-state index is -1.28. The first-order valence-electron chi connectivity index (χ1n) is 7.21. The van der Waals surface area contributed by atoms with E-state index in [0.29, 0.717) is 11.6 Å². The van der Waals surface area contributed by atoms with Crippen LogP contribution in [0.25, 0.3) is 0 Å². The normalized spacial score (nSPS) is 10.7. The first kappa shape index (κ1) is 16.9. The van der Waals surface area contributed by atoms with Gasteiger partial charge in [-0.2, -0.15) is 0 Å². The Morgan fingerprint density at radius 3 is 2.38 bits per heavy atom. The summed E-state index contributed by atoms with van der Waals surface area (Å²) in [5.74, 6) is -0.754. The molecule has 1 aromatic carbocycles. The Hall–Kier alpha value is -2.11. The zero-order chi connectivity index (χ0) is 16.0. The van der Waals surface area contributed by atoms with Crippen molar-refractivity contribution in [3.63, 3.8) is 0 Å². The molecule has 0 fully saturated rings. The molecule has 21 heavy (non-hydrogen) atoms. The van der Waals surface area contributed by atoms with E-state index in [0.717, 1.165) is 25.9 Å². The maximum absolute atomic E-state index is 11.2. The van der Waals surface area contributed by atoms with Crippen molar-refractivity contribution >= 4 is 17.3 Å². The van der Waals surface area contributed by atoms with Crippen LogP contribution in [0.2, 0.25) is 0 Å². The lowest BCUT2D eigenvalue weighted by Gasteiger charge is -2.27. The lowest BCUT2D eigenvalue weighted by molar-refractivity contribution is -0.385. The number of hydrogen-bond acceptors (Lipinski definition) is 4. The molecule has 1 N–H and O–H groups in total. The molecule has 116 valence electrons. The van der Waals surface area contributed by atoms with Crippen LogP contribution in [0.3, 0.4) is 0 Å². The molecular weight excluding hydrogens is 272 g/mol. The van der Waals surface area contributed by atoms with Gasteiger partial charge in [-0.3, -0.25) is 10.1 Å². The van der Waals surface area contributed by atoms with Crippen molar-refractivity contribution in [1.82, 2.24) is 0 Å². The molecule has 0 spiro atoms. The van der Waals surface area contributed by atoms with Crippen LogP contribution in [-0.4, -0.2) is 29.1 Å². The molecule has 0 saturated carbocycles. The van der Waals surface area contributed by atoms with E-state index in [-0.39, 0.29) is 11.3 Å². The highest BCUT2D eigenvalue weighted by molar-refractivity contribution is 5.93. The molecule has 0 aromatic heterocycles. The number of rotatable bonds is 8. The number of hydrogen-bond donors (Lipinski definition) is 1. The van der Waals surface area contributed by atoms with Crippen LogP contribution in [0.15, 0.2) is 18.2 Å². The van der Waals surface area contributed by atoms with Gasteiger partial charge in [-0.25, -0.2) is 4.79 Å². The van der Waals surface area contributed by atoms with Gasteiger partial charge in [0.1, 0.15) is 5.56 Å². The zero-order valence-corrected chi connectivity index (χ0v) is 12.7. The van der Waals surface area contributed by atoms with Gasteiger partial charge in [0, 0.05) is 24.8 Å². The van der Waals surface area contributed by atoms with Crippen LogP contribution in [0, 0.1) is 16.0 Å². The number of nitro benzene ring substituents is 1. The summed E-state index contributed by atoms with van der Waals surface area (Å²) < 4.78 is 0. The molecule has 0 aliphatic rings. The highest BCUT2D eigenvalue weighted by Crippen LogP contribution is 2.26. The first-order chi connectivity index (χ1) is 9.94. The van der Waals surface area contributed by atoms with Crippen LogP contribution in [0.1, 0.15) is 44.0 Å². The predicted octanol–water partition coefficient (Wildman–Crippen LogP) is 3.56. The fourth-order valence-electron chi connectivity index (χ4n) is 2.33. The number of carboxylic acids is 1. The molecule has 0 atom stereocenters. The van der Waals surface area contributed by atoms with Crippen molar-refractivity contribution in [3.05, 3.63) is 33.9 Å². The Kier molecular flexibility index (Phi) is 6.14. The summed E-state index contributed by atoms with van der Waals surface area (Å²) in [7, 11) is 0. The second kappa shape index (κ2) is 7.61. The summed E-state index contributed by atoms with van der Waals surface area (Å²) in [6, 6.07) is 4.29. The number of nitrogens with zero attached hydrogens (tertiary/aromatic N) is 2. The number of carboxylic acid groups (broad SMARTS) is 1. The first-order valence-corrected chi connectivity index (χ1v) is 7.21. The van der Waals surface area contributed by atoms with Gasteiger partial charge in [-0.1, -0.05) is 26.7 Å². The second-order valence-corrected chi connectivity index (χ2v) is 4.98. The molecule has 0 aliphatic heterocycles. The van der Waals surface area contributed by atoms with Gasteiger partial charge >= 0.3 is 5.97 Å². The lowest BCUT2D eigenvalue weighted by Crippen LogP contribution is -2.29. The smallest absolute Gasteiger partial charge is 0.342 e. The van der Waals surface area contributed by atoms with Crippen molar-refractivity contribution in [1.29, 1.82) is 0 Å². The Labute approximate surface area is 124 Å². The summed E-state index contributed by atoms with van der Waals surface area (Å²) >= 11 is 0. The van der Waals surface area contributed by atoms with E-state index in [1.807, 2.05) is 6.92 Å². The van der Waals surface area contributed by atoms with Crippen molar-refractivity contribution < 1.29 is 14.8 Å². The van der Waals surface area contributed by atoms with Crippen molar-refractivity contribution in [3.8, 4) is 0 Å². The van der Waals surface area contributed by atoms with Crippen LogP contribution in [-0.2, 0) is 0 Å². The molecule has 1 rings (SSSR count). The number of benzene rings is 1. The Balaban J connectivity index is 3.13. The minimum Gasteiger partial charge on any atom is -0.477 e. The summed E-state index contributed by atoms with van der Waals surface area (Å²) in [5, 5.41) is 20.0. The molecule has 1 aromatic rings. The average Bonchev–Trinajstić information content (AvgIpc) is 2.48. The molecule has 0 radical (unpaired) electrons. The third kappa shape index (κ3) is 4.18. The molecule has 0 amide bonds. The Bertz CT molecular complexity index is 512. The highest BCUT2D eigenvalue weighted by atomic mass is 16.6. The summed E-state index contributed by atoms with van der Waals surface area (Å²) in [6.07, 6.45) is 2.09. The molecular formula is C15H22N2O4. The van der Waals surface area contributed by atoms with E-state index in [2.05, 4.69) is 18.7 Å². The summed E-state index contributed by atoms with van der Waals surface area (Å²) in [4.78, 5) is 23.5. The second-order valence-electron chi connectivity index (χ2n) is 4.98. The third-order valence-electron chi connectivity index (χ3n) is 3.79. The maximum atomic E-state index is 11.2. The van der Waals surface area contributed by atoms with E-state index in [9.17, 15) is 14.9 Å². The standard InChI is InChI=1S/C15H22N2O4/c1-4-11(5-2)10-16(6-3)12-7-8-14(17(20)21)13(9-12)15(18)19/h7-9,11H,4-6,10H2,1-3H3,(H,18,19). The number of aromatic carboxylic acids is 1. The number of anilines is 1. The average molecular weight is 294 g/mol. The van der Waals surface area contributed by atoms with Crippen molar-refractivity contribution in [2.75, 3.05) is 18.0 Å². The van der Waals surface area contributed by atoms with Crippen molar-refractivity contribution in [2.45, 2.75) is 33.6 Å². The van der Waals surface area contributed by atoms with E-state index in [1.165, 1.54) is 12.1 Å². The van der Waals surface area contributed by atoms with Crippen LogP contribution < -0.4 is 4.90 Å². The predicted molar refractivity (Wildman–Crippen MR) is 82.0 cm³/mol. The van der Waals surface area contributed by atoms with Crippen LogP contribution >= 0.6 is 0 Å². The van der Waals surface area contributed by atoms with Gasteiger partial charge in [0.25, 0.3) is 5.69 Å². The molecule has 0 bridgehead atoms. The minimum absolute atomic E-state index is 0.263. The fraction of sp³-hybridized carbons (Fsp3) is 0.533. The summed E-state index contributed by atoms with van der Waals surface area (Å²) in [5.41, 5.74) is 0.0812. The highest BCUT2D eigenvalue weighted by Gasteiger charge is 2.21. The van der Waals surface area contributed by atoms with Gasteiger partial charge in [0.2, 0.25) is 0 Å². The lowest BCUT2D eigenvalue weighted by atomic mass is 10.0. The molecule has 0 unspecified atom stereocenters. The Morgan fingerprint density at radius 2 is 1.95 bits per heavy atom. The van der Waals surface area contributed by atoms with Gasteiger partial charge in [0.05, 0.1) is 4.92 Å². The van der Waals surface area contributed by atoms with Crippen LogP contribution in [0.5, 0.6) is 0 Å². The molecule has 6 heteroatoms. The zero-order valence-electron chi connectivity index (χ0n) is 12.7. The van der Waals surface area contributed by atoms with E-state index in [1.54, 1.807) is 6.07 Å². The quantitative estimate of drug-likeness (QED) is 0.585.